The van der Waals surface area contributed by atoms with Gasteiger partial charge in [0.15, 0.2) is 0 Å². The number of nitrogens with two attached hydrogens (primary N) is 1. The van der Waals surface area contributed by atoms with Crippen LogP contribution in [0.5, 0.6) is 0 Å². The molecule has 2 fully saturated rings. The van der Waals surface area contributed by atoms with Crippen LogP contribution < -0.4 is 5.73 Å². The molecular weight excluding hydrogens is 198 g/mol. The summed E-state index contributed by atoms with van der Waals surface area (Å²) < 4.78 is 0. The molecule has 0 aromatic rings. The molecule has 0 amide bonds. The third-order valence-electron chi connectivity index (χ3n) is 4.41. The Morgan fingerprint density at radius 1 is 1.19 bits per heavy atom. The lowest BCUT2D eigenvalue weighted by Crippen LogP contribution is -2.53. The minimum absolute atomic E-state index is 0.459. The molecule has 2 aliphatic rings. The van der Waals surface area contributed by atoms with E-state index in [-0.39, 0.29) is 0 Å². The zero-order valence-electron chi connectivity index (χ0n) is 10.9. The second-order valence-electron chi connectivity index (χ2n) is 5.81. The molecule has 1 aliphatic carbocycles. The lowest BCUT2D eigenvalue weighted by Gasteiger charge is -2.41. The number of nitrogens with zero attached hydrogens (tertiary/aromatic N) is 2. The summed E-state index contributed by atoms with van der Waals surface area (Å²) >= 11 is 0. The van der Waals surface area contributed by atoms with Crippen LogP contribution in [0.3, 0.4) is 0 Å². The van der Waals surface area contributed by atoms with Crippen molar-refractivity contribution in [1.29, 1.82) is 0 Å². The second kappa shape index (κ2) is 5.48. The third-order valence-corrected chi connectivity index (χ3v) is 4.41. The molecule has 0 radical (unpaired) electrons. The number of piperazine rings is 1. The van der Waals surface area contributed by atoms with Crippen molar-refractivity contribution in [2.75, 3.05) is 33.2 Å². The SMILES string of the molecule is CC1CN(C)CCN1CC1CCCCC1N. The molecule has 1 aliphatic heterocycles. The molecule has 3 unspecified atom stereocenters. The highest BCUT2D eigenvalue weighted by molar-refractivity contribution is 4.84. The number of rotatable bonds is 2. The van der Waals surface area contributed by atoms with Gasteiger partial charge in [-0.2, -0.15) is 0 Å². The van der Waals surface area contributed by atoms with Crippen molar-refractivity contribution in [3.63, 3.8) is 0 Å². The van der Waals surface area contributed by atoms with Gasteiger partial charge < -0.3 is 10.6 Å². The van der Waals surface area contributed by atoms with E-state index >= 15 is 0 Å². The maximum Gasteiger partial charge on any atom is 0.0195 e. The van der Waals surface area contributed by atoms with Crippen molar-refractivity contribution in [3.8, 4) is 0 Å². The van der Waals surface area contributed by atoms with E-state index in [1.165, 1.54) is 51.9 Å². The Bertz CT molecular complexity index is 219. The van der Waals surface area contributed by atoms with Gasteiger partial charge in [-0.15, -0.1) is 0 Å². The van der Waals surface area contributed by atoms with Crippen LogP contribution in [0.2, 0.25) is 0 Å². The Morgan fingerprint density at radius 2 is 1.94 bits per heavy atom. The van der Waals surface area contributed by atoms with E-state index in [1.54, 1.807) is 0 Å². The molecule has 3 atom stereocenters. The normalized spacial score (nSPS) is 38.8. The van der Waals surface area contributed by atoms with Crippen molar-refractivity contribution < 1.29 is 0 Å². The van der Waals surface area contributed by atoms with E-state index in [9.17, 15) is 0 Å². The van der Waals surface area contributed by atoms with Crippen LogP contribution in [0.4, 0.5) is 0 Å². The minimum Gasteiger partial charge on any atom is -0.327 e. The molecule has 2 N–H and O–H groups in total. The van der Waals surface area contributed by atoms with Gasteiger partial charge in [-0.25, -0.2) is 0 Å². The molecule has 1 saturated heterocycles. The van der Waals surface area contributed by atoms with E-state index in [4.69, 9.17) is 5.73 Å². The third kappa shape index (κ3) is 2.96. The zero-order valence-corrected chi connectivity index (χ0v) is 10.9. The van der Waals surface area contributed by atoms with Gasteiger partial charge in [0.1, 0.15) is 0 Å². The Kier molecular flexibility index (Phi) is 4.22. The molecule has 1 saturated carbocycles. The van der Waals surface area contributed by atoms with Crippen LogP contribution in [-0.4, -0.2) is 55.1 Å². The van der Waals surface area contributed by atoms with Crippen LogP contribution in [0, 0.1) is 5.92 Å². The molecule has 3 nitrogen and oxygen atoms in total. The van der Waals surface area contributed by atoms with Crippen LogP contribution in [0.15, 0.2) is 0 Å². The number of hydrogen-bond donors (Lipinski definition) is 1. The fourth-order valence-corrected chi connectivity index (χ4v) is 3.21. The van der Waals surface area contributed by atoms with Gasteiger partial charge in [-0.3, -0.25) is 4.90 Å². The summed E-state index contributed by atoms with van der Waals surface area (Å²) in [6.45, 7) is 7.23. The Morgan fingerprint density at radius 3 is 2.62 bits per heavy atom. The highest BCUT2D eigenvalue weighted by atomic mass is 15.3. The summed E-state index contributed by atoms with van der Waals surface area (Å²) in [6, 6.07) is 1.16. The number of hydrogen-bond acceptors (Lipinski definition) is 3. The highest BCUT2D eigenvalue weighted by Crippen LogP contribution is 2.25. The fourth-order valence-electron chi connectivity index (χ4n) is 3.21. The first-order valence-corrected chi connectivity index (χ1v) is 6.85. The Labute approximate surface area is 100.0 Å². The van der Waals surface area contributed by atoms with Crippen molar-refractivity contribution >= 4 is 0 Å². The predicted octanol–water partition coefficient (Wildman–Crippen LogP) is 1.14. The Hall–Kier alpha value is -0.120. The first kappa shape index (κ1) is 12.3. The van der Waals surface area contributed by atoms with Crippen molar-refractivity contribution in [2.45, 2.75) is 44.7 Å². The van der Waals surface area contributed by atoms with Gasteiger partial charge in [0, 0.05) is 38.3 Å². The van der Waals surface area contributed by atoms with E-state index < -0.39 is 0 Å². The molecule has 2 rings (SSSR count). The molecule has 3 heteroatoms. The van der Waals surface area contributed by atoms with Crippen LogP contribution in [0.1, 0.15) is 32.6 Å². The van der Waals surface area contributed by atoms with Crippen molar-refractivity contribution in [1.82, 2.24) is 9.80 Å². The summed E-state index contributed by atoms with van der Waals surface area (Å²) in [5.41, 5.74) is 6.23. The van der Waals surface area contributed by atoms with Crippen LogP contribution in [0.25, 0.3) is 0 Å². The predicted molar refractivity (Wildman–Crippen MR) is 68.5 cm³/mol. The lowest BCUT2D eigenvalue weighted by atomic mass is 9.84. The highest BCUT2D eigenvalue weighted by Gasteiger charge is 2.28. The van der Waals surface area contributed by atoms with E-state index in [2.05, 4.69) is 23.8 Å². The molecule has 0 aromatic heterocycles. The molecule has 0 bridgehead atoms. The molecule has 16 heavy (non-hydrogen) atoms. The van der Waals surface area contributed by atoms with Gasteiger partial charge >= 0.3 is 0 Å². The Balaban J connectivity index is 1.83. The fraction of sp³-hybridized carbons (Fsp3) is 1.00. The monoisotopic (exact) mass is 225 g/mol. The summed E-state index contributed by atoms with van der Waals surface area (Å²) in [4.78, 5) is 5.08. The van der Waals surface area contributed by atoms with Crippen molar-refractivity contribution in [3.05, 3.63) is 0 Å². The first-order chi connectivity index (χ1) is 7.66. The second-order valence-corrected chi connectivity index (χ2v) is 5.81. The standard InChI is InChI=1S/C13H27N3/c1-11-9-15(2)7-8-16(11)10-12-5-3-4-6-13(12)14/h11-13H,3-10,14H2,1-2H3. The summed E-state index contributed by atoms with van der Waals surface area (Å²) in [6.07, 6.45) is 5.32. The topological polar surface area (TPSA) is 32.5 Å². The minimum atomic E-state index is 0.459. The largest absolute Gasteiger partial charge is 0.327 e. The van der Waals surface area contributed by atoms with Gasteiger partial charge in [0.2, 0.25) is 0 Å². The number of likely N-dealkylation sites (N-methyl/N-ethyl adjacent to an activating group) is 1. The average molecular weight is 225 g/mol. The molecule has 1 heterocycles. The van der Waals surface area contributed by atoms with Crippen LogP contribution >= 0.6 is 0 Å². The summed E-state index contributed by atoms with van der Waals surface area (Å²) in [5, 5.41) is 0. The van der Waals surface area contributed by atoms with E-state index in [0.717, 1.165) is 5.92 Å². The zero-order chi connectivity index (χ0) is 11.5. The molecule has 0 spiro atoms. The lowest BCUT2D eigenvalue weighted by molar-refractivity contribution is 0.0735. The van der Waals surface area contributed by atoms with Gasteiger partial charge in [-0.05, 0) is 32.7 Å². The summed E-state index contributed by atoms with van der Waals surface area (Å²) in [5.74, 6) is 0.750. The van der Waals surface area contributed by atoms with E-state index in [1.807, 2.05) is 0 Å². The van der Waals surface area contributed by atoms with E-state index in [0.29, 0.717) is 12.1 Å². The van der Waals surface area contributed by atoms with Crippen LogP contribution in [-0.2, 0) is 0 Å². The van der Waals surface area contributed by atoms with Gasteiger partial charge in [0.25, 0.3) is 0 Å². The maximum absolute atomic E-state index is 6.23. The van der Waals surface area contributed by atoms with Crippen molar-refractivity contribution in [2.24, 2.45) is 11.7 Å². The molecule has 94 valence electrons. The quantitative estimate of drug-likeness (QED) is 0.765. The van der Waals surface area contributed by atoms with Gasteiger partial charge in [0.05, 0.1) is 0 Å². The average Bonchev–Trinajstić information content (AvgIpc) is 2.25. The molecule has 0 aromatic carbocycles. The van der Waals surface area contributed by atoms with Gasteiger partial charge in [-0.1, -0.05) is 12.8 Å². The smallest absolute Gasteiger partial charge is 0.0195 e. The summed E-state index contributed by atoms with van der Waals surface area (Å²) in [7, 11) is 2.22. The first-order valence-electron chi connectivity index (χ1n) is 6.85. The maximum atomic E-state index is 6.23. The molecular formula is C13H27N3.